The number of halogens is 1. The summed E-state index contributed by atoms with van der Waals surface area (Å²) in [5, 5.41) is 0.506. The number of anilines is 1. The molecule has 3 heterocycles. The van der Waals surface area contributed by atoms with E-state index in [4.69, 9.17) is 0 Å². The number of carbonyl (C=O) groups is 1. The van der Waals surface area contributed by atoms with Crippen LogP contribution in [0.1, 0.15) is 54.9 Å². The first-order valence-corrected chi connectivity index (χ1v) is 12.5. The fourth-order valence-corrected chi connectivity index (χ4v) is 4.69. The Labute approximate surface area is 196 Å². The number of aromatic nitrogens is 4. The smallest absolute Gasteiger partial charge is 0.232 e. The molecule has 0 radical (unpaired) electrons. The van der Waals surface area contributed by atoms with E-state index in [9.17, 15) is 13.2 Å². The van der Waals surface area contributed by atoms with Gasteiger partial charge in [-0.05, 0) is 24.6 Å². The monoisotopic (exact) mass is 481 g/mol. The van der Waals surface area contributed by atoms with Crippen LogP contribution in [0.15, 0.2) is 49.1 Å². The van der Waals surface area contributed by atoms with Crippen molar-refractivity contribution < 1.29 is 17.6 Å². The molecule has 0 aliphatic rings. The van der Waals surface area contributed by atoms with E-state index in [2.05, 4.69) is 24.7 Å². The van der Waals surface area contributed by atoms with E-state index >= 15 is 4.39 Å². The Balaban J connectivity index is 1.71. The van der Waals surface area contributed by atoms with Crippen LogP contribution >= 0.6 is 0 Å². The minimum Gasteiger partial charge on any atom is -0.345 e. The molecule has 4 aromatic rings. The van der Waals surface area contributed by atoms with Crippen molar-refractivity contribution in [3.05, 3.63) is 71.8 Å². The molecule has 1 aromatic carbocycles. The number of hydrogen-bond acceptors (Lipinski definition) is 6. The Hall–Kier alpha value is -3.66. The lowest BCUT2D eigenvalue weighted by molar-refractivity contribution is 0.103. The summed E-state index contributed by atoms with van der Waals surface area (Å²) < 4.78 is 41.5. The molecule has 0 unspecified atom stereocenters. The van der Waals surface area contributed by atoms with Crippen molar-refractivity contribution >= 4 is 32.5 Å². The summed E-state index contributed by atoms with van der Waals surface area (Å²) in [6.45, 7) is 5.71. The van der Waals surface area contributed by atoms with Crippen molar-refractivity contribution in [3.63, 3.8) is 0 Å². The molecule has 8 nitrogen and oxygen atoms in total. The minimum absolute atomic E-state index is 0.149. The fourth-order valence-electron chi connectivity index (χ4n) is 3.55. The highest BCUT2D eigenvalue weighted by Gasteiger charge is 2.22. The van der Waals surface area contributed by atoms with E-state index in [1.807, 2.05) is 13.8 Å². The highest BCUT2D eigenvalue weighted by atomic mass is 32.2. The number of carbonyl (C=O) groups excluding carboxylic acids is 1. The third-order valence-electron chi connectivity index (χ3n) is 5.28. The number of hydrogen-bond donors (Lipinski definition) is 2. The predicted octanol–water partition coefficient (Wildman–Crippen LogP) is 4.67. The molecule has 0 saturated carbocycles. The average molecular weight is 482 g/mol. The van der Waals surface area contributed by atoms with E-state index in [0.29, 0.717) is 23.0 Å². The SMILES string of the molecule is CCCS(=O)(=O)Nc1cccc(C(=O)c2c[nH]c3ncc(-c4cnc(C(C)C)nc4)cc23)c1F. The number of nitrogens with one attached hydrogen (secondary N) is 2. The number of rotatable bonds is 8. The van der Waals surface area contributed by atoms with Crippen LogP contribution in [0, 0.1) is 5.82 Å². The van der Waals surface area contributed by atoms with Gasteiger partial charge in [0.2, 0.25) is 10.0 Å². The summed E-state index contributed by atoms with van der Waals surface area (Å²) in [6, 6.07) is 5.82. The maximum Gasteiger partial charge on any atom is 0.232 e. The third-order valence-corrected chi connectivity index (χ3v) is 6.76. The zero-order chi connectivity index (χ0) is 24.5. The molecule has 0 aliphatic carbocycles. The van der Waals surface area contributed by atoms with Crippen LogP contribution in [0.4, 0.5) is 10.1 Å². The molecule has 0 bridgehead atoms. The summed E-state index contributed by atoms with van der Waals surface area (Å²) in [4.78, 5) is 29.3. The van der Waals surface area contributed by atoms with Gasteiger partial charge in [0.25, 0.3) is 0 Å². The lowest BCUT2D eigenvalue weighted by Gasteiger charge is -2.10. The molecule has 10 heteroatoms. The summed E-state index contributed by atoms with van der Waals surface area (Å²) in [7, 11) is -3.71. The van der Waals surface area contributed by atoms with Gasteiger partial charge in [-0.3, -0.25) is 9.52 Å². The second-order valence-corrected chi connectivity index (χ2v) is 10.1. The first kappa shape index (κ1) is 23.5. The number of benzene rings is 1. The zero-order valence-corrected chi connectivity index (χ0v) is 19.8. The van der Waals surface area contributed by atoms with Crippen LogP contribution in [0.25, 0.3) is 22.2 Å². The lowest BCUT2D eigenvalue weighted by atomic mass is 10.0. The van der Waals surface area contributed by atoms with Crippen molar-refractivity contribution in [1.29, 1.82) is 0 Å². The van der Waals surface area contributed by atoms with Crippen molar-refractivity contribution in [2.75, 3.05) is 10.5 Å². The Morgan fingerprint density at radius 2 is 1.79 bits per heavy atom. The zero-order valence-electron chi connectivity index (χ0n) is 19.0. The van der Waals surface area contributed by atoms with Gasteiger partial charge < -0.3 is 4.98 Å². The summed E-state index contributed by atoms with van der Waals surface area (Å²) in [5.41, 5.74) is 1.62. The number of pyridine rings is 1. The summed E-state index contributed by atoms with van der Waals surface area (Å²) in [5.74, 6) is -0.751. The van der Waals surface area contributed by atoms with Crippen LogP contribution in [0.5, 0.6) is 0 Å². The minimum atomic E-state index is -3.71. The second kappa shape index (κ2) is 9.30. The molecule has 2 N–H and O–H groups in total. The molecule has 0 amide bonds. The van der Waals surface area contributed by atoms with Gasteiger partial charge in [0.1, 0.15) is 11.5 Å². The Morgan fingerprint density at radius 3 is 2.47 bits per heavy atom. The number of sulfonamides is 1. The van der Waals surface area contributed by atoms with Crippen LogP contribution in [0.3, 0.4) is 0 Å². The van der Waals surface area contributed by atoms with Gasteiger partial charge in [0.05, 0.1) is 17.0 Å². The van der Waals surface area contributed by atoms with E-state index in [1.54, 1.807) is 31.6 Å². The second-order valence-electron chi connectivity index (χ2n) is 8.22. The molecule has 0 spiro atoms. The number of nitrogens with zero attached hydrogens (tertiary/aromatic N) is 3. The van der Waals surface area contributed by atoms with Crippen LogP contribution in [0.2, 0.25) is 0 Å². The normalized spacial score (nSPS) is 11.8. The van der Waals surface area contributed by atoms with Crippen molar-refractivity contribution in [2.24, 2.45) is 0 Å². The number of fused-ring (bicyclic) bond motifs is 1. The van der Waals surface area contributed by atoms with Crippen molar-refractivity contribution in [3.8, 4) is 11.1 Å². The fraction of sp³-hybridized carbons (Fsp3) is 0.250. The first-order chi connectivity index (χ1) is 16.2. The van der Waals surface area contributed by atoms with Crippen molar-refractivity contribution in [2.45, 2.75) is 33.1 Å². The van der Waals surface area contributed by atoms with Crippen LogP contribution < -0.4 is 4.72 Å². The molecule has 4 rings (SSSR count). The molecule has 176 valence electrons. The van der Waals surface area contributed by atoms with Gasteiger partial charge in [0, 0.05) is 52.8 Å². The maximum absolute atomic E-state index is 15.1. The Kier molecular flexibility index (Phi) is 6.43. The van der Waals surface area contributed by atoms with Gasteiger partial charge in [-0.25, -0.2) is 27.8 Å². The number of H-pyrrole nitrogens is 1. The maximum atomic E-state index is 15.1. The van der Waals surface area contributed by atoms with Gasteiger partial charge in [-0.1, -0.05) is 26.8 Å². The van der Waals surface area contributed by atoms with E-state index in [-0.39, 0.29) is 28.5 Å². The number of ketones is 1. The lowest BCUT2D eigenvalue weighted by Crippen LogP contribution is -2.18. The Bertz CT molecular complexity index is 1460. The molecular formula is C24H24FN5O3S. The molecule has 0 atom stereocenters. The van der Waals surface area contributed by atoms with E-state index in [1.165, 1.54) is 24.4 Å². The van der Waals surface area contributed by atoms with Crippen molar-refractivity contribution in [1.82, 2.24) is 19.9 Å². The topological polar surface area (TPSA) is 118 Å². The average Bonchev–Trinajstić information content (AvgIpc) is 3.23. The molecule has 34 heavy (non-hydrogen) atoms. The quantitative estimate of drug-likeness (QED) is 0.353. The van der Waals surface area contributed by atoms with E-state index < -0.39 is 21.6 Å². The van der Waals surface area contributed by atoms with Gasteiger partial charge >= 0.3 is 0 Å². The van der Waals surface area contributed by atoms with Gasteiger partial charge in [-0.2, -0.15) is 0 Å². The molecule has 0 aliphatic heterocycles. The van der Waals surface area contributed by atoms with Gasteiger partial charge in [0.15, 0.2) is 11.6 Å². The van der Waals surface area contributed by atoms with E-state index in [0.717, 1.165) is 11.4 Å². The van der Waals surface area contributed by atoms with Gasteiger partial charge in [-0.15, -0.1) is 0 Å². The molecule has 3 aromatic heterocycles. The first-order valence-electron chi connectivity index (χ1n) is 10.8. The summed E-state index contributed by atoms with van der Waals surface area (Å²) in [6.07, 6.45) is 6.89. The Morgan fingerprint density at radius 1 is 1.09 bits per heavy atom. The molecule has 0 fully saturated rings. The third kappa shape index (κ3) is 4.67. The highest BCUT2D eigenvalue weighted by Crippen LogP contribution is 2.28. The molecular weight excluding hydrogens is 457 g/mol. The van der Waals surface area contributed by atoms with Crippen LogP contribution in [-0.4, -0.2) is 39.9 Å². The predicted molar refractivity (Wildman–Crippen MR) is 129 cm³/mol. The largest absolute Gasteiger partial charge is 0.345 e. The highest BCUT2D eigenvalue weighted by molar-refractivity contribution is 7.92. The number of aromatic amines is 1. The van der Waals surface area contributed by atoms with Crippen LogP contribution in [-0.2, 0) is 10.0 Å². The standard InChI is InChI=1S/C24H24FN5O3S/c1-4-8-34(32,33)30-20-7-5-6-17(21(20)25)22(31)19-13-29-24-18(19)9-15(10-28-24)16-11-26-23(14(2)3)27-12-16/h5-7,9-14,30H,4,8H2,1-3H3,(H,28,29). The summed E-state index contributed by atoms with van der Waals surface area (Å²) >= 11 is 0. The molecule has 0 saturated heterocycles.